The van der Waals surface area contributed by atoms with E-state index in [-0.39, 0.29) is 23.5 Å². The highest BCUT2D eigenvalue weighted by Crippen LogP contribution is 2.22. The highest BCUT2D eigenvalue weighted by molar-refractivity contribution is 7.09. The predicted molar refractivity (Wildman–Crippen MR) is 111 cm³/mol. The first-order valence-corrected chi connectivity index (χ1v) is 11.1. The summed E-state index contributed by atoms with van der Waals surface area (Å²) in [5.41, 5.74) is 0.474. The number of benzene rings is 1. The molecule has 2 amide bonds. The van der Waals surface area contributed by atoms with Crippen LogP contribution >= 0.6 is 11.3 Å². The van der Waals surface area contributed by atoms with E-state index in [1.54, 1.807) is 16.2 Å². The Hall–Kier alpha value is -2.25. The Labute approximate surface area is 174 Å². The van der Waals surface area contributed by atoms with Crippen molar-refractivity contribution < 1.29 is 14.0 Å². The third kappa shape index (κ3) is 4.85. The van der Waals surface area contributed by atoms with E-state index in [0.717, 1.165) is 45.6 Å². The second kappa shape index (κ2) is 9.05. The van der Waals surface area contributed by atoms with Gasteiger partial charge in [-0.15, -0.1) is 11.3 Å². The van der Waals surface area contributed by atoms with Crippen LogP contribution in [0.15, 0.2) is 41.8 Å². The van der Waals surface area contributed by atoms with Crippen molar-refractivity contribution in [3.05, 3.63) is 58.0 Å². The molecule has 2 aliphatic rings. The maximum Gasteiger partial charge on any atom is 0.253 e. The number of carbonyl (C=O) groups is 2. The summed E-state index contributed by atoms with van der Waals surface area (Å²) in [6.07, 6.45) is 1.64. The van der Waals surface area contributed by atoms with Gasteiger partial charge in [-0.05, 0) is 48.6 Å². The van der Waals surface area contributed by atoms with E-state index < -0.39 is 0 Å². The largest absolute Gasteiger partial charge is 0.340 e. The normalized spacial score (nSPS) is 20.7. The van der Waals surface area contributed by atoms with Crippen LogP contribution in [0.2, 0.25) is 0 Å². The van der Waals surface area contributed by atoms with Crippen LogP contribution in [-0.2, 0) is 11.3 Å². The Morgan fingerprint density at radius 3 is 2.45 bits per heavy atom. The Balaban J connectivity index is 1.31. The first-order valence-electron chi connectivity index (χ1n) is 10.2. The molecule has 2 aromatic rings. The number of hydrogen-bond acceptors (Lipinski definition) is 4. The van der Waals surface area contributed by atoms with Crippen molar-refractivity contribution in [2.45, 2.75) is 19.4 Å². The van der Waals surface area contributed by atoms with Gasteiger partial charge in [0.1, 0.15) is 5.82 Å². The number of amides is 2. The molecule has 3 heterocycles. The average Bonchev–Trinajstić information content (AvgIpc) is 3.27. The number of piperidine rings is 1. The standard InChI is InChI=1S/C22H26FN3O2S/c23-19-7-5-17(6-8-19)21(27)26-9-1-3-18(15-26)22(28)25-12-10-24(11-13-25)16-20-4-2-14-29-20/h2,4-8,14,18H,1,3,9-13,15-16H2. The minimum Gasteiger partial charge on any atom is -0.340 e. The molecule has 0 aliphatic carbocycles. The van der Waals surface area contributed by atoms with E-state index in [0.29, 0.717) is 18.7 Å². The van der Waals surface area contributed by atoms with Gasteiger partial charge >= 0.3 is 0 Å². The monoisotopic (exact) mass is 415 g/mol. The number of halogens is 1. The molecular weight excluding hydrogens is 389 g/mol. The van der Waals surface area contributed by atoms with Gasteiger partial charge in [-0.3, -0.25) is 14.5 Å². The molecule has 5 nitrogen and oxygen atoms in total. The summed E-state index contributed by atoms with van der Waals surface area (Å²) in [7, 11) is 0. The lowest BCUT2D eigenvalue weighted by Crippen LogP contribution is -2.52. The van der Waals surface area contributed by atoms with Crippen molar-refractivity contribution in [1.82, 2.24) is 14.7 Å². The molecule has 1 aromatic heterocycles. The molecule has 7 heteroatoms. The second-order valence-electron chi connectivity index (χ2n) is 7.78. The van der Waals surface area contributed by atoms with Gasteiger partial charge in [0.25, 0.3) is 5.91 Å². The summed E-state index contributed by atoms with van der Waals surface area (Å²) in [5, 5.41) is 2.09. The average molecular weight is 416 g/mol. The van der Waals surface area contributed by atoms with Gasteiger partial charge in [0.2, 0.25) is 5.91 Å². The van der Waals surface area contributed by atoms with Crippen LogP contribution in [0, 0.1) is 11.7 Å². The second-order valence-corrected chi connectivity index (χ2v) is 8.81. The van der Waals surface area contributed by atoms with E-state index in [1.165, 1.54) is 29.1 Å². The van der Waals surface area contributed by atoms with Gasteiger partial charge in [0.15, 0.2) is 0 Å². The molecule has 2 aliphatic heterocycles. The summed E-state index contributed by atoms with van der Waals surface area (Å²) >= 11 is 1.77. The summed E-state index contributed by atoms with van der Waals surface area (Å²) in [6, 6.07) is 9.84. The molecule has 1 atom stereocenters. The zero-order valence-electron chi connectivity index (χ0n) is 16.4. The Morgan fingerprint density at radius 2 is 1.76 bits per heavy atom. The summed E-state index contributed by atoms with van der Waals surface area (Å²) in [4.78, 5) is 33.2. The van der Waals surface area contributed by atoms with Crippen LogP contribution in [0.3, 0.4) is 0 Å². The number of hydrogen-bond donors (Lipinski definition) is 0. The molecule has 2 fully saturated rings. The molecule has 0 radical (unpaired) electrons. The van der Waals surface area contributed by atoms with Crippen LogP contribution < -0.4 is 0 Å². The molecule has 0 bridgehead atoms. The Morgan fingerprint density at radius 1 is 1.00 bits per heavy atom. The van der Waals surface area contributed by atoms with E-state index in [4.69, 9.17) is 0 Å². The fraction of sp³-hybridized carbons (Fsp3) is 0.455. The van der Waals surface area contributed by atoms with Crippen LogP contribution in [0.5, 0.6) is 0 Å². The van der Waals surface area contributed by atoms with Crippen LogP contribution in [0.4, 0.5) is 4.39 Å². The zero-order valence-corrected chi connectivity index (χ0v) is 17.2. The number of piperazine rings is 1. The summed E-state index contributed by atoms with van der Waals surface area (Å²) < 4.78 is 13.1. The first-order chi connectivity index (χ1) is 14.1. The summed E-state index contributed by atoms with van der Waals surface area (Å²) in [6.45, 7) is 5.30. The van der Waals surface area contributed by atoms with Crippen molar-refractivity contribution in [2.24, 2.45) is 5.92 Å². The third-order valence-corrected chi connectivity index (χ3v) is 6.65. The molecule has 4 rings (SSSR count). The third-order valence-electron chi connectivity index (χ3n) is 5.79. The number of nitrogens with zero attached hydrogens (tertiary/aromatic N) is 3. The van der Waals surface area contributed by atoms with Crippen molar-refractivity contribution >= 4 is 23.2 Å². The number of likely N-dealkylation sites (tertiary alicyclic amines) is 1. The van der Waals surface area contributed by atoms with Gasteiger partial charge in [-0.2, -0.15) is 0 Å². The Kier molecular flexibility index (Phi) is 6.25. The SMILES string of the molecule is O=C(c1ccc(F)cc1)N1CCCC(C(=O)N2CCN(Cc3cccs3)CC2)C1. The zero-order chi connectivity index (χ0) is 20.2. The topological polar surface area (TPSA) is 43.9 Å². The fourth-order valence-electron chi connectivity index (χ4n) is 4.15. The van der Waals surface area contributed by atoms with E-state index >= 15 is 0 Å². The maximum atomic E-state index is 13.1. The lowest BCUT2D eigenvalue weighted by molar-refractivity contribution is -0.138. The van der Waals surface area contributed by atoms with Crippen molar-refractivity contribution in [2.75, 3.05) is 39.3 Å². The van der Waals surface area contributed by atoms with Gasteiger partial charge in [-0.25, -0.2) is 4.39 Å². The summed E-state index contributed by atoms with van der Waals surface area (Å²) in [5.74, 6) is -0.455. The van der Waals surface area contributed by atoms with Crippen LogP contribution in [0.25, 0.3) is 0 Å². The van der Waals surface area contributed by atoms with Crippen molar-refractivity contribution in [3.8, 4) is 0 Å². The van der Waals surface area contributed by atoms with Gasteiger partial charge in [0, 0.05) is 56.3 Å². The van der Waals surface area contributed by atoms with Crippen LogP contribution in [0.1, 0.15) is 28.1 Å². The van der Waals surface area contributed by atoms with E-state index in [9.17, 15) is 14.0 Å². The molecule has 1 unspecified atom stereocenters. The minimum absolute atomic E-state index is 0.122. The molecule has 154 valence electrons. The van der Waals surface area contributed by atoms with Gasteiger partial charge in [0.05, 0.1) is 5.92 Å². The first kappa shape index (κ1) is 20.0. The van der Waals surface area contributed by atoms with E-state index in [1.807, 2.05) is 4.90 Å². The number of thiophene rings is 1. The van der Waals surface area contributed by atoms with Gasteiger partial charge < -0.3 is 9.80 Å². The maximum absolute atomic E-state index is 13.1. The molecule has 0 saturated carbocycles. The fourth-order valence-corrected chi connectivity index (χ4v) is 4.89. The molecular formula is C22H26FN3O2S. The van der Waals surface area contributed by atoms with Crippen molar-refractivity contribution in [1.29, 1.82) is 0 Å². The minimum atomic E-state index is -0.355. The Bertz CT molecular complexity index is 832. The van der Waals surface area contributed by atoms with E-state index in [2.05, 4.69) is 22.4 Å². The number of carbonyl (C=O) groups excluding carboxylic acids is 2. The quantitative estimate of drug-likeness (QED) is 0.771. The lowest BCUT2D eigenvalue weighted by atomic mass is 9.95. The molecule has 29 heavy (non-hydrogen) atoms. The number of rotatable bonds is 4. The van der Waals surface area contributed by atoms with Crippen LogP contribution in [-0.4, -0.2) is 65.8 Å². The molecule has 2 saturated heterocycles. The molecule has 0 spiro atoms. The molecule has 0 N–H and O–H groups in total. The smallest absolute Gasteiger partial charge is 0.253 e. The molecule has 1 aromatic carbocycles. The predicted octanol–water partition coefficient (Wildman–Crippen LogP) is 3.08. The highest BCUT2D eigenvalue weighted by atomic mass is 32.1. The van der Waals surface area contributed by atoms with Gasteiger partial charge in [-0.1, -0.05) is 6.07 Å². The lowest BCUT2D eigenvalue weighted by Gasteiger charge is -2.39. The highest BCUT2D eigenvalue weighted by Gasteiger charge is 2.32. The van der Waals surface area contributed by atoms with Crippen molar-refractivity contribution in [3.63, 3.8) is 0 Å².